The average Bonchev–Trinajstić information content (AvgIpc) is 2.83. The highest BCUT2D eigenvalue weighted by atomic mass is 16.2. The Morgan fingerprint density at radius 1 is 1.56 bits per heavy atom. The van der Waals surface area contributed by atoms with Crippen molar-refractivity contribution in [3.05, 3.63) is 18.3 Å². The van der Waals surface area contributed by atoms with Crippen LogP contribution in [0.3, 0.4) is 0 Å². The lowest BCUT2D eigenvalue weighted by molar-refractivity contribution is -0.123. The van der Waals surface area contributed by atoms with Gasteiger partial charge in [0.1, 0.15) is 12.6 Å². The van der Waals surface area contributed by atoms with Gasteiger partial charge in [-0.25, -0.2) is 4.98 Å². The van der Waals surface area contributed by atoms with E-state index in [1.54, 1.807) is 18.3 Å². The fourth-order valence-corrected chi connectivity index (χ4v) is 2.71. The van der Waals surface area contributed by atoms with Crippen LogP contribution in [0.4, 0.5) is 11.5 Å². The van der Waals surface area contributed by atoms with Crippen LogP contribution in [0.15, 0.2) is 18.3 Å². The van der Waals surface area contributed by atoms with Crippen molar-refractivity contribution < 1.29 is 9.59 Å². The van der Waals surface area contributed by atoms with Gasteiger partial charge in [0.25, 0.3) is 0 Å². The Bertz CT molecular complexity index is 517. The molecule has 2 aliphatic rings. The molecule has 0 unspecified atom stereocenters. The molecule has 0 bridgehead atoms. The molecule has 1 saturated heterocycles. The lowest BCUT2D eigenvalue weighted by Gasteiger charge is -2.37. The molecule has 6 heteroatoms. The summed E-state index contributed by atoms with van der Waals surface area (Å²) < 4.78 is 0. The number of anilines is 2. The lowest BCUT2D eigenvalue weighted by atomic mass is 10.1. The summed E-state index contributed by atoms with van der Waals surface area (Å²) in [5.74, 6) is 0.220. The number of nitrogens with two attached hydrogens (primary N) is 1. The van der Waals surface area contributed by atoms with E-state index in [1.165, 1.54) is 4.90 Å². The number of primary amides is 1. The van der Waals surface area contributed by atoms with Crippen molar-refractivity contribution >= 4 is 23.3 Å². The van der Waals surface area contributed by atoms with Crippen LogP contribution < -0.4 is 15.5 Å². The van der Waals surface area contributed by atoms with Gasteiger partial charge in [-0.3, -0.25) is 14.5 Å². The summed E-state index contributed by atoms with van der Waals surface area (Å²) in [4.78, 5) is 31.3. The summed E-state index contributed by atoms with van der Waals surface area (Å²) in [7, 11) is 0. The predicted molar refractivity (Wildman–Crippen MR) is 66.2 cm³/mol. The molecule has 0 spiro atoms. The molecule has 3 rings (SSSR count). The molecule has 6 nitrogen and oxygen atoms in total. The Hall–Kier alpha value is -2.11. The van der Waals surface area contributed by atoms with Gasteiger partial charge in [-0.2, -0.15) is 0 Å². The van der Waals surface area contributed by atoms with Gasteiger partial charge in [-0.05, 0) is 25.0 Å². The van der Waals surface area contributed by atoms with Crippen molar-refractivity contribution in [2.45, 2.75) is 18.9 Å². The van der Waals surface area contributed by atoms with Crippen molar-refractivity contribution in [2.75, 3.05) is 22.9 Å². The zero-order valence-corrected chi connectivity index (χ0v) is 9.87. The molecule has 2 amide bonds. The number of rotatable bonds is 2. The van der Waals surface area contributed by atoms with Crippen molar-refractivity contribution in [1.82, 2.24) is 4.98 Å². The van der Waals surface area contributed by atoms with Gasteiger partial charge < -0.3 is 10.6 Å². The smallest absolute Gasteiger partial charge is 0.250 e. The third kappa shape index (κ3) is 1.53. The van der Waals surface area contributed by atoms with Crippen molar-refractivity contribution in [3.8, 4) is 0 Å². The van der Waals surface area contributed by atoms with E-state index in [0.717, 1.165) is 25.2 Å². The summed E-state index contributed by atoms with van der Waals surface area (Å²) in [5, 5.41) is 0. The summed E-state index contributed by atoms with van der Waals surface area (Å²) in [5.41, 5.74) is 5.89. The highest BCUT2D eigenvalue weighted by molar-refractivity contribution is 6.07. The number of carbonyl (C=O) groups is 2. The van der Waals surface area contributed by atoms with Gasteiger partial charge in [-0.15, -0.1) is 0 Å². The first-order chi connectivity index (χ1) is 8.68. The van der Waals surface area contributed by atoms with Gasteiger partial charge in [0.15, 0.2) is 5.82 Å². The average molecular weight is 246 g/mol. The highest BCUT2D eigenvalue weighted by Gasteiger charge is 2.41. The number of hydrogen-bond donors (Lipinski definition) is 1. The number of amides is 2. The van der Waals surface area contributed by atoms with Crippen molar-refractivity contribution in [2.24, 2.45) is 5.73 Å². The molecular formula is C12H14N4O2. The van der Waals surface area contributed by atoms with Crippen molar-refractivity contribution in [1.29, 1.82) is 0 Å². The second-order valence-corrected chi connectivity index (χ2v) is 4.59. The molecule has 1 atom stereocenters. The Labute approximate surface area is 104 Å². The second-order valence-electron chi connectivity index (χ2n) is 4.59. The molecule has 1 aromatic rings. The number of fused-ring (bicyclic) bond motifs is 3. The van der Waals surface area contributed by atoms with E-state index in [-0.39, 0.29) is 18.5 Å². The molecule has 0 saturated carbocycles. The normalized spacial score (nSPS) is 21.8. The first-order valence-corrected chi connectivity index (χ1v) is 6.00. The molecule has 0 radical (unpaired) electrons. The van der Waals surface area contributed by atoms with Crippen LogP contribution in [0.1, 0.15) is 12.8 Å². The molecule has 2 aliphatic heterocycles. The van der Waals surface area contributed by atoms with E-state index in [9.17, 15) is 9.59 Å². The minimum atomic E-state index is -0.510. The van der Waals surface area contributed by atoms with E-state index in [1.807, 2.05) is 4.90 Å². The van der Waals surface area contributed by atoms with E-state index < -0.39 is 5.91 Å². The van der Waals surface area contributed by atoms with Crippen LogP contribution >= 0.6 is 0 Å². The molecule has 3 heterocycles. The first kappa shape index (κ1) is 11.0. The number of nitrogens with zero attached hydrogens (tertiary/aromatic N) is 3. The Morgan fingerprint density at radius 2 is 2.39 bits per heavy atom. The topological polar surface area (TPSA) is 79.5 Å². The van der Waals surface area contributed by atoms with Gasteiger partial charge in [0, 0.05) is 12.7 Å². The van der Waals surface area contributed by atoms with Crippen LogP contribution in [0, 0.1) is 0 Å². The molecule has 0 aromatic carbocycles. The molecule has 18 heavy (non-hydrogen) atoms. The Morgan fingerprint density at radius 3 is 3.17 bits per heavy atom. The van der Waals surface area contributed by atoms with Gasteiger partial charge in [0.2, 0.25) is 11.8 Å². The maximum atomic E-state index is 12.4. The Balaban J connectivity index is 2.08. The minimum absolute atomic E-state index is 0.0493. The number of hydrogen-bond acceptors (Lipinski definition) is 4. The second kappa shape index (κ2) is 3.97. The van der Waals surface area contributed by atoms with Crippen LogP contribution in [0.25, 0.3) is 0 Å². The zero-order chi connectivity index (χ0) is 12.7. The summed E-state index contributed by atoms with van der Waals surface area (Å²) >= 11 is 0. The molecule has 0 aliphatic carbocycles. The maximum Gasteiger partial charge on any atom is 0.250 e. The standard InChI is InChI=1S/C12H14N4O2/c13-10(17)7-16-8-3-1-5-14-11(8)15-6-2-4-9(15)12(16)18/h1,3,5,9H,2,4,6-7H2,(H2,13,17)/t9-/m0/s1. The first-order valence-electron chi connectivity index (χ1n) is 6.00. The molecule has 1 fully saturated rings. The number of aromatic nitrogens is 1. The van der Waals surface area contributed by atoms with Crippen LogP contribution in [0.5, 0.6) is 0 Å². The third-order valence-electron chi connectivity index (χ3n) is 3.45. The SMILES string of the molecule is NC(=O)CN1C(=O)[C@@H]2CCCN2c2ncccc21. The summed E-state index contributed by atoms with van der Waals surface area (Å²) in [6, 6.07) is 3.38. The monoisotopic (exact) mass is 246 g/mol. The van der Waals surface area contributed by atoms with Crippen LogP contribution in [-0.2, 0) is 9.59 Å². The van der Waals surface area contributed by atoms with E-state index in [4.69, 9.17) is 5.73 Å². The van der Waals surface area contributed by atoms with Gasteiger partial charge >= 0.3 is 0 Å². The lowest BCUT2D eigenvalue weighted by Crippen LogP contribution is -2.53. The van der Waals surface area contributed by atoms with E-state index in [2.05, 4.69) is 4.98 Å². The highest BCUT2D eigenvalue weighted by Crippen LogP contribution is 2.37. The third-order valence-corrected chi connectivity index (χ3v) is 3.45. The van der Waals surface area contributed by atoms with Crippen LogP contribution in [-0.4, -0.2) is 35.9 Å². The fraction of sp³-hybridized carbons (Fsp3) is 0.417. The summed E-state index contributed by atoms with van der Waals surface area (Å²) in [6.45, 7) is 0.757. The van der Waals surface area contributed by atoms with Crippen molar-refractivity contribution in [3.63, 3.8) is 0 Å². The Kier molecular flexibility index (Phi) is 2.43. The fourth-order valence-electron chi connectivity index (χ4n) is 2.71. The quantitative estimate of drug-likeness (QED) is 0.789. The zero-order valence-electron chi connectivity index (χ0n) is 9.87. The van der Waals surface area contributed by atoms with Gasteiger partial charge in [-0.1, -0.05) is 0 Å². The number of carbonyl (C=O) groups excluding carboxylic acids is 2. The van der Waals surface area contributed by atoms with E-state index in [0.29, 0.717) is 5.69 Å². The van der Waals surface area contributed by atoms with Gasteiger partial charge in [0.05, 0.1) is 5.69 Å². The molecular weight excluding hydrogens is 232 g/mol. The predicted octanol–water partition coefficient (Wildman–Crippen LogP) is -0.118. The van der Waals surface area contributed by atoms with E-state index >= 15 is 0 Å². The largest absolute Gasteiger partial charge is 0.368 e. The maximum absolute atomic E-state index is 12.4. The van der Waals surface area contributed by atoms with Crippen LogP contribution in [0.2, 0.25) is 0 Å². The number of pyridine rings is 1. The molecule has 2 N–H and O–H groups in total. The summed E-state index contributed by atoms with van der Waals surface area (Å²) in [6.07, 6.45) is 3.48. The minimum Gasteiger partial charge on any atom is -0.368 e. The molecule has 1 aromatic heterocycles. The molecule has 94 valence electrons.